The van der Waals surface area contributed by atoms with Crippen molar-refractivity contribution < 1.29 is 15.8 Å². The Balaban J connectivity index is 0. The molecule has 0 aliphatic rings. The molecule has 11 heavy (non-hydrogen) atoms. The minimum atomic E-state index is -0.563. The number of methoxy groups -OCH3 is 1. The Hall–Kier alpha value is -1.06. The first kappa shape index (κ1) is 9.94. The quantitative estimate of drug-likeness (QED) is 0.670. The molecule has 0 saturated carbocycles. The Morgan fingerprint density at radius 3 is 2.45 bits per heavy atom. The fourth-order valence-corrected chi connectivity index (χ4v) is 0.692. The van der Waals surface area contributed by atoms with Crippen molar-refractivity contribution in [3.8, 4) is 0 Å². The number of ketones is 1. The van der Waals surface area contributed by atoms with Gasteiger partial charge >= 0.3 is 6.09 Å². The van der Waals surface area contributed by atoms with Gasteiger partial charge < -0.3 is 10.1 Å². The highest BCUT2D eigenvalue weighted by Crippen LogP contribution is 1.92. The zero-order chi connectivity index (χ0) is 8.85. The van der Waals surface area contributed by atoms with Crippen molar-refractivity contribution in [1.82, 2.24) is 5.32 Å². The average Bonchev–Trinajstić information content (AvgIpc) is 1.99. The number of hydrogen-bond acceptors (Lipinski definition) is 3. The third-order valence-electron chi connectivity index (χ3n) is 1.38. The Bertz CT molecular complexity index is 161. The maximum atomic E-state index is 10.8. The van der Waals surface area contributed by atoms with Gasteiger partial charge in [0.15, 0.2) is 5.78 Å². The minimum absolute atomic E-state index is 0. The number of Topliss-reactive ketones (excluding diaryl/α,β-unsaturated/α-hetero) is 1. The summed E-state index contributed by atoms with van der Waals surface area (Å²) in [5.41, 5.74) is 0. The molecule has 0 fully saturated rings. The Morgan fingerprint density at radius 2 is 2.18 bits per heavy atom. The molecule has 0 radical (unpaired) electrons. The van der Waals surface area contributed by atoms with E-state index in [0.717, 1.165) is 0 Å². The first-order valence-electron chi connectivity index (χ1n) is 3.46. The maximum absolute atomic E-state index is 10.8. The molecule has 1 N–H and O–H groups in total. The number of hydrogen-bond donors (Lipinski definition) is 1. The summed E-state index contributed by atoms with van der Waals surface area (Å²) < 4.78 is 4.33. The summed E-state index contributed by atoms with van der Waals surface area (Å²) in [6.07, 6.45) is 0.0248. The molecule has 0 heterocycles. The smallest absolute Gasteiger partial charge is 0.407 e. The van der Waals surface area contributed by atoms with Crippen molar-refractivity contribution in [2.75, 3.05) is 7.11 Å². The summed E-state index contributed by atoms with van der Waals surface area (Å²) in [6.45, 7) is 3.26. The molecular formula is C7H15NO3. The van der Waals surface area contributed by atoms with Gasteiger partial charge in [-0.15, -0.1) is 0 Å². The van der Waals surface area contributed by atoms with Gasteiger partial charge in [0.05, 0.1) is 13.2 Å². The van der Waals surface area contributed by atoms with Crippen LogP contribution in [0.4, 0.5) is 4.79 Å². The number of nitrogens with one attached hydrogen (secondary N) is 1. The molecule has 0 unspecified atom stereocenters. The maximum Gasteiger partial charge on any atom is 0.407 e. The molecule has 0 spiro atoms. The fourth-order valence-electron chi connectivity index (χ4n) is 0.692. The molecule has 0 aromatic heterocycles. The van der Waals surface area contributed by atoms with Crippen molar-refractivity contribution in [3.05, 3.63) is 0 Å². The molecule has 4 nitrogen and oxygen atoms in total. The molecule has 0 bridgehead atoms. The van der Waals surface area contributed by atoms with Gasteiger partial charge in [-0.3, -0.25) is 4.79 Å². The molecular weight excluding hydrogens is 146 g/mol. The number of rotatable bonds is 3. The summed E-state index contributed by atoms with van der Waals surface area (Å²) in [5, 5.41) is 2.41. The van der Waals surface area contributed by atoms with Crippen LogP contribution in [0.2, 0.25) is 0 Å². The SMILES string of the molecule is CC[C@H](NC(=O)OC)C(C)=O.[HH]. The number of carbonyl (C=O) groups is 2. The van der Waals surface area contributed by atoms with E-state index >= 15 is 0 Å². The summed E-state index contributed by atoms with van der Waals surface area (Å²) in [7, 11) is 1.27. The topological polar surface area (TPSA) is 55.4 Å². The van der Waals surface area contributed by atoms with E-state index in [1.165, 1.54) is 14.0 Å². The van der Waals surface area contributed by atoms with Crippen LogP contribution in [0.1, 0.15) is 21.7 Å². The van der Waals surface area contributed by atoms with Crippen molar-refractivity contribution in [2.24, 2.45) is 0 Å². The van der Waals surface area contributed by atoms with E-state index in [4.69, 9.17) is 0 Å². The molecule has 0 rings (SSSR count). The summed E-state index contributed by atoms with van der Waals surface area (Å²) in [4.78, 5) is 21.4. The predicted molar refractivity (Wildman–Crippen MR) is 42.4 cm³/mol. The summed E-state index contributed by atoms with van der Waals surface area (Å²) in [5.74, 6) is -0.0575. The van der Waals surface area contributed by atoms with Crippen LogP contribution >= 0.6 is 0 Å². The molecule has 0 aromatic rings. The first-order valence-corrected chi connectivity index (χ1v) is 3.46. The van der Waals surface area contributed by atoms with E-state index in [1.807, 2.05) is 6.92 Å². The van der Waals surface area contributed by atoms with Crippen molar-refractivity contribution in [1.29, 1.82) is 0 Å². The van der Waals surface area contributed by atoms with Crippen molar-refractivity contribution >= 4 is 11.9 Å². The van der Waals surface area contributed by atoms with Crippen LogP contribution in [0, 0.1) is 0 Å². The Labute approximate surface area is 67.4 Å². The minimum Gasteiger partial charge on any atom is -0.453 e. The van der Waals surface area contributed by atoms with Crippen molar-refractivity contribution in [2.45, 2.75) is 26.3 Å². The molecule has 4 heteroatoms. The molecule has 0 saturated heterocycles. The van der Waals surface area contributed by atoms with Gasteiger partial charge in [0, 0.05) is 1.43 Å². The van der Waals surface area contributed by atoms with E-state index in [9.17, 15) is 9.59 Å². The second-order valence-corrected chi connectivity index (χ2v) is 2.21. The lowest BCUT2D eigenvalue weighted by Crippen LogP contribution is -2.39. The van der Waals surface area contributed by atoms with Gasteiger partial charge in [-0.1, -0.05) is 6.92 Å². The lowest BCUT2D eigenvalue weighted by Gasteiger charge is -2.11. The van der Waals surface area contributed by atoms with E-state index in [1.54, 1.807) is 0 Å². The van der Waals surface area contributed by atoms with Gasteiger partial charge in [0.25, 0.3) is 0 Å². The molecule has 66 valence electrons. The van der Waals surface area contributed by atoms with Crippen LogP contribution in [0.3, 0.4) is 0 Å². The van der Waals surface area contributed by atoms with Gasteiger partial charge in [0.2, 0.25) is 0 Å². The molecule has 0 aliphatic heterocycles. The standard InChI is InChI=1S/C7H13NO3.H2/c1-4-6(5(2)9)8-7(10)11-3;/h6H,4H2,1-3H3,(H,8,10);1H/t6-;/m0./s1. The Morgan fingerprint density at radius 1 is 1.64 bits per heavy atom. The third-order valence-corrected chi connectivity index (χ3v) is 1.38. The Kier molecular flexibility index (Phi) is 4.26. The van der Waals surface area contributed by atoms with E-state index in [0.29, 0.717) is 6.42 Å². The second-order valence-electron chi connectivity index (χ2n) is 2.21. The summed E-state index contributed by atoms with van der Waals surface area (Å²) in [6, 6.07) is -0.414. The highest BCUT2D eigenvalue weighted by atomic mass is 16.5. The van der Waals surface area contributed by atoms with E-state index < -0.39 is 12.1 Å². The molecule has 1 amide bonds. The summed E-state index contributed by atoms with van der Waals surface area (Å²) >= 11 is 0. The van der Waals surface area contributed by atoms with Crippen LogP contribution in [0.25, 0.3) is 0 Å². The van der Waals surface area contributed by atoms with Gasteiger partial charge in [-0.2, -0.15) is 0 Å². The van der Waals surface area contributed by atoms with Crippen LogP contribution in [-0.2, 0) is 9.53 Å². The first-order chi connectivity index (χ1) is 5.11. The zero-order valence-corrected chi connectivity index (χ0v) is 7.01. The fraction of sp³-hybridized carbons (Fsp3) is 0.714. The highest BCUT2D eigenvalue weighted by molar-refractivity contribution is 5.85. The second kappa shape index (κ2) is 4.71. The largest absolute Gasteiger partial charge is 0.453 e. The molecule has 0 aliphatic carbocycles. The number of alkyl carbamates (subject to hydrolysis) is 1. The van der Waals surface area contributed by atoms with Gasteiger partial charge in [-0.25, -0.2) is 4.79 Å². The van der Waals surface area contributed by atoms with Crippen LogP contribution in [0.15, 0.2) is 0 Å². The lowest BCUT2D eigenvalue weighted by molar-refractivity contribution is -0.118. The predicted octanol–water partition coefficient (Wildman–Crippen LogP) is 0.956. The van der Waals surface area contributed by atoms with Crippen LogP contribution in [-0.4, -0.2) is 25.0 Å². The normalized spacial score (nSPS) is 11.9. The van der Waals surface area contributed by atoms with Crippen LogP contribution in [0.5, 0.6) is 0 Å². The lowest BCUT2D eigenvalue weighted by atomic mass is 10.1. The third kappa shape index (κ3) is 3.60. The van der Waals surface area contributed by atoms with E-state index in [-0.39, 0.29) is 7.21 Å². The van der Waals surface area contributed by atoms with Crippen molar-refractivity contribution in [3.63, 3.8) is 0 Å². The molecule has 0 aromatic carbocycles. The monoisotopic (exact) mass is 161 g/mol. The molecule has 1 atom stereocenters. The van der Waals surface area contributed by atoms with Gasteiger partial charge in [-0.05, 0) is 13.3 Å². The number of carbonyl (C=O) groups excluding carboxylic acids is 2. The number of ether oxygens (including phenoxy) is 1. The number of amides is 1. The van der Waals surface area contributed by atoms with E-state index in [2.05, 4.69) is 10.1 Å². The average molecular weight is 161 g/mol. The zero-order valence-electron chi connectivity index (χ0n) is 7.01. The van der Waals surface area contributed by atoms with Gasteiger partial charge in [0.1, 0.15) is 0 Å². The highest BCUT2D eigenvalue weighted by Gasteiger charge is 2.13. The van der Waals surface area contributed by atoms with Crippen LogP contribution < -0.4 is 5.32 Å².